The van der Waals surface area contributed by atoms with Crippen LogP contribution in [0, 0.1) is 0 Å². The summed E-state index contributed by atoms with van der Waals surface area (Å²) < 4.78 is 5.77. The molecule has 2 N–H and O–H groups in total. The van der Waals surface area contributed by atoms with E-state index < -0.39 is 12.2 Å². The van der Waals surface area contributed by atoms with Crippen LogP contribution in [0.4, 0.5) is 16.2 Å². The third-order valence-corrected chi connectivity index (χ3v) is 5.85. The van der Waals surface area contributed by atoms with Crippen LogP contribution in [-0.2, 0) is 11.3 Å². The molecule has 4 rings (SSSR count). The first kappa shape index (κ1) is 24.2. The van der Waals surface area contributed by atoms with Crippen molar-refractivity contribution in [2.45, 2.75) is 26.0 Å². The van der Waals surface area contributed by atoms with E-state index in [9.17, 15) is 14.7 Å². The monoisotopic (exact) mass is 474 g/mol. The largest absolute Gasteiger partial charge is 0.441 e. The highest BCUT2D eigenvalue weighted by molar-refractivity contribution is 6.06. The van der Waals surface area contributed by atoms with E-state index in [1.165, 1.54) is 4.90 Å². The van der Waals surface area contributed by atoms with Crippen LogP contribution in [-0.4, -0.2) is 53.2 Å². The summed E-state index contributed by atoms with van der Waals surface area (Å²) in [5, 5.41) is 12.4. The second kappa shape index (κ2) is 11.5. The van der Waals surface area contributed by atoms with E-state index in [1.54, 1.807) is 24.5 Å². The Kier molecular flexibility index (Phi) is 7.95. The fourth-order valence-corrected chi connectivity index (χ4v) is 3.84. The summed E-state index contributed by atoms with van der Waals surface area (Å²) in [4.78, 5) is 33.3. The summed E-state index contributed by atoms with van der Waals surface area (Å²) in [5.74, 6) is -0.192. The fraction of sp³-hybridized carbons (Fsp3) is 0.296. The van der Waals surface area contributed by atoms with E-state index in [1.807, 2.05) is 55.5 Å². The zero-order valence-corrected chi connectivity index (χ0v) is 19.8. The predicted molar refractivity (Wildman–Crippen MR) is 134 cm³/mol. The SMILES string of the molecule is CC[C@H](OC(=O)N(CCO)Cc1ccncc1)c1ccc(C(=O)Nc2ccccc2N2CC2)cc1. The van der Waals surface area contributed by atoms with Crippen molar-refractivity contribution in [3.05, 3.63) is 89.7 Å². The Balaban J connectivity index is 1.40. The van der Waals surface area contributed by atoms with Gasteiger partial charge in [-0.3, -0.25) is 9.78 Å². The maximum Gasteiger partial charge on any atom is 0.410 e. The van der Waals surface area contributed by atoms with Crippen molar-refractivity contribution in [2.24, 2.45) is 0 Å². The molecular weight excluding hydrogens is 444 g/mol. The Labute approximate surface area is 205 Å². The van der Waals surface area contributed by atoms with Crippen LogP contribution < -0.4 is 10.2 Å². The number of ether oxygens (including phenoxy) is 1. The number of aliphatic hydroxyl groups is 1. The molecule has 1 saturated heterocycles. The highest BCUT2D eigenvalue weighted by Crippen LogP contribution is 2.30. The molecule has 3 aromatic rings. The number of aromatic nitrogens is 1. The normalized spacial score (nSPS) is 13.1. The third kappa shape index (κ3) is 6.36. The summed E-state index contributed by atoms with van der Waals surface area (Å²) in [6.45, 7) is 4.24. The van der Waals surface area contributed by atoms with Gasteiger partial charge in [-0.2, -0.15) is 0 Å². The second-order valence-electron chi connectivity index (χ2n) is 8.36. The molecule has 0 saturated carbocycles. The van der Waals surface area contributed by atoms with Gasteiger partial charge < -0.3 is 25.0 Å². The van der Waals surface area contributed by atoms with Crippen molar-refractivity contribution in [1.82, 2.24) is 9.88 Å². The molecule has 0 aliphatic carbocycles. The molecule has 1 aliphatic heterocycles. The first-order chi connectivity index (χ1) is 17.1. The summed E-state index contributed by atoms with van der Waals surface area (Å²) in [6, 6.07) is 18.5. The minimum absolute atomic E-state index is 0.162. The van der Waals surface area contributed by atoms with Crippen LogP contribution in [0.5, 0.6) is 0 Å². The van der Waals surface area contributed by atoms with Crippen molar-refractivity contribution in [3.63, 3.8) is 0 Å². The quantitative estimate of drug-likeness (QED) is 0.427. The number of nitrogens with zero attached hydrogens (tertiary/aromatic N) is 3. The van der Waals surface area contributed by atoms with Gasteiger partial charge in [-0.05, 0) is 53.9 Å². The highest BCUT2D eigenvalue weighted by atomic mass is 16.6. The van der Waals surface area contributed by atoms with Gasteiger partial charge >= 0.3 is 6.09 Å². The van der Waals surface area contributed by atoms with Crippen LogP contribution in [0.2, 0.25) is 0 Å². The van der Waals surface area contributed by atoms with Crippen molar-refractivity contribution in [1.29, 1.82) is 0 Å². The molecule has 35 heavy (non-hydrogen) atoms. The van der Waals surface area contributed by atoms with Crippen LogP contribution in [0.15, 0.2) is 73.1 Å². The highest BCUT2D eigenvalue weighted by Gasteiger charge is 2.23. The number of pyridine rings is 1. The molecule has 8 nitrogen and oxygen atoms in total. The molecule has 2 amide bonds. The Morgan fingerprint density at radius 3 is 2.46 bits per heavy atom. The summed E-state index contributed by atoms with van der Waals surface area (Å²) in [5.41, 5.74) is 4.03. The van der Waals surface area contributed by atoms with Gasteiger partial charge in [-0.1, -0.05) is 31.2 Å². The van der Waals surface area contributed by atoms with Gasteiger partial charge in [0.25, 0.3) is 5.91 Å². The fourth-order valence-electron chi connectivity index (χ4n) is 3.84. The van der Waals surface area contributed by atoms with E-state index in [0.29, 0.717) is 18.5 Å². The number of hydrogen-bond donors (Lipinski definition) is 2. The van der Waals surface area contributed by atoms with E-state index in [-0.39, 0.29) is 19.1 Å². The summed E-state index contributed by atoms with van der Waals surface area (Å²) in [7, 11) is 0. The van der Waals surface area contributed by atoms with Gasteiger partial charge in [-0.15, -0.1) is 0 Å². The van der Waals surface area contributed by atoms with Gasteiger partial charge in [0.05, 0.1) is 18.0 Å². The lowest BCUT2D eigenvalue weighted by atomic mass is 10.0. The van der Waals surface area contributed by atoms with E-state index in [2.05, 4.69) is 15.2 Å². The lowest BCUT2D eigenvalue weighted by Gasteiger charge is -2.25. The third-order valence-electron chi connectivity index (χ3n) is 5.85. The Morgan fingerprint density at radius 2 is 1.80 bits per heavy atom. The Bertz CT molecular complexity index is 1130. The zero-order chi connectivity index (χ0) is 24.6. The standard InChI is InChI=1S/C27H30N4O4/c1-2-25(35-27(34)31(17-18-32)19-20-11-13-28-14-12-20)21-7-9-22(10-8-21)26(33)29-23-5-3-4-6-24(23)30-15-16-30/h3-14,25,32H,2,15-19H2,1H3,(H,29,33)/t25-/m0/s1. The van der Waals surface area contributed by atoms with Crippen molar-refractivity contribution < 1.29 is 19.4 Å². The van der Waals surface area contributed by atoms with E-state index in [0.717, 1.165) is 35.6 Å². The average molecular weight is 475 g/mol. The topological polar surface area (TPSA) is 94.8 Å². The van der Waals surface area contributed by atoms with Gasteiger partial charge in [0.15, 0.2) is 0 Å². The number of para-hydroxylation sites is 2. The summed E-state index contributed by atoms with van der Waals surface area (Å²) in [6.07, 6.45) is 2.92. The van der Waals surface area contributed by atoms with Gasteiger partial charge in [0, 0.05) is 44.1 Å². The Morgan fingerprint density at radius 1 is 1.09 bits per heavy atom. The molecule has 182 valence electrons. The molecule has 1 atom stereocenters. The number of carbonyl (C=O) groups is 2. The maximum absolute atomic E-state index is 12.9. The number of nitrogens with one attached hydrogen (secondary N) is 1. The second-order valence-corrected chi connectivity index (χ2v) is 8.36. The van der Waals surface area contributed by atoms with Crippen molar-refractivity contribution in [3.8, 4) is 0 Å². The van der Waals surface area contributed by atoms with E-state index in [4.69, 9.17) is 4.74 Å². The number of carbonyl (C=O) groups excluding carboxylic acids is 2. The van der Waals surface area contributed by atoms with Crippen LogP contribution in [0.25, 0.3) is 0 Å². The number of aliphatic hydroxyl groups excluding tert-OH is 1. The van der Waals surface area contributed by atoms with E-state index >= 15 is 0 Å². The number of rotatable bonds is 10. The molecule has 1 fully saturated rings. The molecule has 1 aliphatic rings. The van der Waals surface area contributed by atoms with Gasteiger partial charge in [0.2, 0.25) is 0 Å². The van der Waals surface area contributed by atoms with Crippen LogP contribution in [0.1, 0.15) is 40.9 Å². The number of amides is 2. The average Bonchev–Trinajstić information content (AvgIpc) is 3.73. The number of anilines is 2. The predicted octanol–water partition coefficient (Wildman–Crippen LogP) is 4.24. The lowest BCUT2D eigenvalue weighted by Crippen LogP contribution is -2.34. The lowest BCUT2D eigenvalue weighted by molar-refractivity contribution is 0.0532. The molecule has 2 aromatic carbocycles. The molecule has 1 aromatic heterocycles. The Hall–Kier alpha value is -3.91. The molecule has 0 unspecified atom stereocenters. The zero-order valence-electron chi connectivity index (χ0n) is 19.8. The van der Waals surface area contributed by atoms with Crippen LogP contribution in [0.3, 0.4) is 0 Å². The van der Waals surface area contributed by atoms with Crippen LogP contribution >= 0.6 is 0 Å². The molecule has 0 radical (unpaired) electrons. The minimum Gasteiger partial charge on any atom is -0.441 e. The van der Waals surface area contributed by atoms with Crippen molar-refractivity contribution >= 4 is 23.4 Å². The molecule has 0 bridgehead atoms. The molecule has 0 spiro atoms. The number of hydrogen-bond acceptors (Lipinski definition) is 6. The summed E-state index contributed by atoms with van der Waals surface area (Å²) >= 11 is 0. The maximum atomic E-state index is 12.9. The number of benzene rings is 2. The van der Waals surface area contributed by atoms with Crippen molar-refractivity contribution in [2.75, 3.05) is 36.5 Å². The molecule has 2 heterocycles. The van der Waals surface area contributed by atoms with Gasteiger partial charge in [-0.25, -0.2) is 4.79 Å². The first-order valence-corrected chi connectivity index (χ1v) is 11.8. The minimum atomic E-state index is -0.504. The van der Waals surface area contributed by atoms with Gasteiger partial charge in [0.1, 0.15) is 6.10 Å². The first-order valence-electron chi connectivity index (χ1n) is 11.8. The smallest absolute Gasteiger partial charge is 0.410 e. The molecule has 8 heteroatoms. The molecular formula is C27H30N4O4.